The summed E-state index contributed by atoms with van der Waals surface area (Å²) in [5, 5.41) is 18.0. The molecule has 2 N–H and O–H groups in total. The van der Waals surface area contributed by atoms with Crippen LogP contribution >= 0.6 is 0 Å². The van der Waals surface area contributed by atoms with Crippen LogP contribution in [-0.4, -0.2) is 44.3 Å². The van der Waals surface area contributed by atoms with Gasteiger partial charge in [0.2, 0.25) is 0 Å². The molecule has 0 fully saturated rings. The molecular weight excluding hydrogens is 455 g/mol. The summed E-state index contributed by atoms with van der Waals surface area (Å²) in [6.07, 6.45) is 0. The van der Waals surface area contributed by atoms with Crippen LogP contribution in [-0.2, 0) is 13.2 Å². The number of aliphatic hydroxyl groups is 2. The third-order valence-corrected chi connectivity index (χ3v) is 14.3. The van der Waals surface area contributed by atoms with Gasteiger partial charge >= 0.3 is 124 Å². The molecule has 2 rings (SSSR count). The topological polar surface area (TPSA) is 40.5 Å². The molecule has 0 atom stereocenters. The van der Waals surface area contributed by atoms with E-state index in [1.165, 1.54) is 7.22 Å². The van der Waals surface area contributed by atoms with Gasteiger partial charge in [0, 0.05) is 0 Å². The molecular formula is C14H14O2Te2. The summed E-state index contributed by atoms with van der Waals surface area (Å²) in [5.41, 5.74) is 1.97. The molecule has 0 aliphatic heterocycles. The van der Waals surface area contributed by atoms with E-state index in [1.807, 2.05) is 24.3 Å². The molecule has 4 heteroatoms. The zero-order valence-corrected chi connectivity index (χ0v) is 14.4. The first-order valence-electron chi connectivity index (χ1n) is 5.56. The van der Waals surface area contributed by atoms with Crippen LogP contribution in [0.25, 0.3) is 0 Å². The van der Waals surface area contributed by atoms with Gasteiger partial charge in [-0.3, -0.25) is 0 Å². The monoisotopic (exact) mass is 474 g/mol. The Morgan fingerprint density at radius 1 is 0.611 bits per heavy atom. The molecule has 94 valence electrons. The van der Waals surface area contributed by atoms with Crippen LogP contribution in [0.4, 0.5) is 0 Å². The Morgan fingerprint density at radius 2 is 0.944 bits per heavy atom. The van der Waals surface area contributed by atoms with Gasteiger partial charge in [0.25, 0.3) is 0 Å². The Kier molecular flexibility index (Phi) is 5.99. The van der Waals surface area contributed by atoms with Crippen molar-refractivity contribution in [2.24, 2.45) is 0 Å². The fraction of sp³-hybridized carbons (Fsp3) is 0.143. The minimum atomic E-state index is -0.0837. The van der Waals surface area contributed by atoms with Gasteiger partial charge in [0.15, 0.2) is 0 Å². The standard InChI is InChI=1S/C14H14O2Te2/c15-9-11-1-5-13(6-2-11)17-18-14-7-3-12(10-16)4-8-14/h1-8,15-16H,9-10H2. The SMILES string of the molecule is OCc1ccc([Te][Te]c2ccc(CO)cc2)cc1. The average Bonchev–Trinajstić information content (AvgIpc) is 2.46. The zero-order valence-electron chi connectivity index (χ0n) is 9.74. The van der Waals surface area contributed by atoms with Crippen molar-refractivity contribution < 1.29 is 10.2 Å². The molecule has 0 aromatic heterocycles. The molecule has 2 aromatic carbocycles. The Bertz CT molecular complexity index is 433. The van der Waals surface area contributed by atoms with Gasteiger partial charge in [-0.15, -0.1) is 0 Å². The van der Waals surface area contributed by atoms with Crippen molar-refractivity contribution in [3.05, 3.63) is 59.7 Å². The number of aliphatic hydroxyl groups excluding tert-OH is 2. The third kappa shape index (κ3) is 4.25. The third-order valence-electron chi connectivity index (χ3n) is 2.45. The average molecular weight is 469 g/mol. The van der Waals surface area contributed by atoms with Gasteiger partial charge in [-0.05, 0) is 0 Å². The van der Waals surface area contributed by atoms with Crippen molar-refractivity contribution in [3.63, 3.8) is 0 Å². The van der Waals surface area contributed by atoms with E-state index < -0.39 is 0 Å². The Hall–Kier alpha value is -0.0608. The second-order valence-corrected chi connectivity index (χ2v) is 13.8. The number of hydrogen-bond donors (Lipinski definition) is 2. The first-order chi connectivity index (χ1) is 8.81. The predicted molar refractivity (Wildman–Crippen MR) is 75.5 cm³/mol. The predicted octanol–water partition coefficient (Wildman–Crippen LogP) is -0.0546. The first kappa shape index (κ1) is 14.4. The van der Waals surface area contributed by atoms with Gasteiger partial charge in [-0.25, -0.2) is 0 Å². The Morgan fingerprint density at radius 3 is 1.22 bits per heavy atom. The van der Waals surface area contributed by atoms with Crippen molar-refractivity contribution in [2.45, 2.75) is 13.2 Å². The van der Waals surface area contributed by atoms with Crippen molar-refractivity contribution in [3.8, 4) is 0 Å². The van der Waals surface area contributed by atoms with Crippen LogP contribution in [0.3, 0.4) is 0 Å². The fourth-order valence-electron chi connectivity index (χ4n) is 1.40. The van der Waals surface area contributed by atoms with Gasteiger partial charge in [-0.2, -0.15) is 0 Å². The summed E-state index contributed by atoms with van der Waals surface area (Å²) in [5.74, 6) is 0. The van der Waals surface area contributed by atoms with Crippen molar-refractivity contribution in [1.29, 1.82) is 0 Å². The van der Waals surface area contributed by atoms with Crippen LogP contribution in [0.2, 0.25) is 0 Å². The van der Waals surface area contributed by atoms with Gasteiger partial charge in [0.05, 0.1) is 0 Å². The second kappa shape index (κ2) is 7.51. The van der Waals surface area contributed by atoms with Crippen molar-refractivity contribution >= 4 is 41.3 Å². The molecule has 0 heterocycles. The van der Waals surface area contributed by atoms with Gasteiger partial charge < -0.3 is 0 Å². The molecule has 2 aromatic rings. The van der Waals surface area contributed by atoms with E-state index in [0.29, 0.717) is 0 Å². The molecule has 0 radical (unpaired) electrons. The summed E-state index contributed by atoms with van der Waals surface area (Å²) < 4.78 is 2.93. The minimum absolute atomic E-state index is 0.0837. The van der Waals surface area contributed by atoms with Crippen molar-refractivity contribution in [1.82, 2.24) is 0 Å². The van der Waals surface area contributed by atoms with Crippen LogP contribution < -0.4 is 7.22 Å². The molecule has 2 nitrogen and oxygen atoms in total. The molecule has 18 heavy (non-hydrogen) atoms. The Labute approximate surface area is 123 Å². The summed E-state index contributed by atoms with van der Waals surface area (Å²) in [7, 11) is 0. The molecule has 0 unspecified atom stereocenters. The van der Waals surface area contributed by atoms with Gasteiger partial charge in [0.1, 0.15) is 0 Å². The van der Waals surface area contributed by atoms with E-state index in [9.17, 15) is 0 Å². The summed E-state index contributed by atoms with van der Waals surface area (Å²) in [6.45, 7) is 0.250. The maximum atomic E-state index is 8.98. The van der Waals surface area contributed by atoms with E-state index in [-0.39, 0.29) is 47.3 Å². The molecule has 0 aliphatic rings. The maximum absolute atomic E-state index is 8.98. The molecule has 0 amide bonds. The molecule has 0 bridgehead atoms. The van der Waals surface area contributed by atoms with E-state index in [0.717, 1.165) is 11.1 Å². The summed E-state index contributed by atoms with van der Waals surface area (Å²) >= 11 is -0.167. The van der Waals surface area contributed by atoms with Crippen LogP contribution in [0.1, 0.15) is 11.1 Å². The van der Waals surface area contributed by atoms with E-state index in [2.05, 4.69) is 24.3 Å². The Balaban J connectivity index is 1.93. The molecule has 0 aliphatic carbocycles. The van der Waals surface area contributed by atoms with E-state index in [1.54, 1.807) is 0 Å². The number of rotatable bonds is 5. The van der Waals surface area contributed by atoms with Gasteiger partial charge in [-0.1, -0.05) is 0 Å². The number of hydrogen-bond acceptors (Lipinski definition) is 2. The van der Waals surface area contributed by atoms with E-state index in [4.69, 9.17) is 10.2 Å². The fourth-order valence-corrected chi connectivity index (χ4v) is 11.3. The first-order valence-corrected chi connectivity index (χ1v) is 15.2. The summed E-state index contributed by atoms with van der Waals surface area (Å²) in [4.78, 5) is 0. The quantitative estimate of drug-likeness (QED) is 0.603. The van der Waals surface area contributed by atoms with Crippen LogP contribution in [0.15, 0.2) is 48.5 Å². The molecule has 0 saturated carbocycles. The summed E-state index contributed by atoms with van der Waals surface area (Å²) in [6, 6.07) is 16.7. The molecule has 0 saturated heterocycles. The second-order valence-electron chi connectivity index (χ2n) is 3.77. The molecule has 0 spiro atoms. The van der Waals surface area contributed by atoms with E-state index >= 15 is 0 Å². The van der Waals surface area contributed by atoms with Crippen LogP contribution in [0.5, 0.6) is 0 Å². The number of benzene rings is 2. The normalized spacial score (nSPS) is 10.6. The zero-order chi connectivity index (χ0) is 12.8. The van der Waals surface area contributed by atoms with Crippen molar-refractivity contribution in [2.75, 3.05) is 0 Å². The van der Waals surface area contributed by atoms with Crippen LogP contribution in [0, 0.1) is 0 Å².